The van der Waals surface area contributed by atoms with Crippen molar-refractivity contribution in [3.8, 4) is 5.75 Å². The van der Waals surface area contributed by atoms with Gasteiger partial charge in [-0.3, -0.25) is 4.79 Å². The molecule has 1 aromatic carbocycles. The van der Waals surface area contributed by atoms with Crippen molar-refractivity contribution in [2.45, 2.75) is 26.4 Å². The molecule has 0 atom stereocenters. The van der Waals surface area contributed by atoms with Crippen molar-refractivity contribution >= 4 is 12.4 Å². The predicted molar refractivity (Wildman–Crippen MR) is 115 cm³/mol. The summed E-state index contributed by atoms with van der Waals surface area (Å²) < 4.78 is 32.2. The number of alkyl carbamates (subject to hydrolysis) is 1. The van der Waals surface area contributed by atoms with E-state index in [0.29, 0.717) is 77.3 Å². The SMILES string of the molecule is CC(C)(C)OC(=O)NCCOCCOCCOCCOCCOc1ccc(C=O)cc1. The number of benzene rings is 1. The average Bonchev–Trinajstić information content (AvgIpc) is 2.72. The van der Waals surface area contributed by atoms with Crippen molar-refractivity contribution in [1.82, 2.24) is 5.32 Å². The highest BCUT2D eigenvalue weighted by molar-refractivity contribution is 5.74. The van der Waals surface area contributed by atoms with E-state index in [-0.39, 0.29) is 0 Å². The van der Waals surface area contributed by atoms with Gasteiger partial charge in [-0.2, -0.15) is 0 Å². The molecule has 0 saturated heterocycles. The number of ether oxygens (including phenoxy) is 6. The van der Waals surface area contributed by atoms with Gasteiger partial charge in [0.05, 0.1) is 52.9 Å². The lowest BCUT2D eigenvalue weighted by atomic mass is 10.2. The Kier molecular flexibility index (Phi) is 14.3. The van der Waals surface area contributed by atoms with Crippen LogP contribution in [0, 0.1) is 0 Å². The number of hydrogen-bond donors (Lipinski definition) is 1. The normalized spacial score (nSPS) is 11.2. The van der Waals surface area contributed by atoms with E-state index in [9.17, 15) is 9.59 Å². The second-order valence-corrected chi connectivity index (χ2v) is 7.41. The maximum Gasteiger partial charge on any atom is 0.407 e. The molecule has 0 aliphatic carbocycles. The van der Waals surface area contributed by atoms with Crippen LogP contribution < -0.4 is 10.1 Å². The molecule has 0 aliphatic heterocycles. The van der Waals surface area contributed by atoms with Crippen LogP contribution in [0.25, 0.3) is 0 Å². The van der Waals surface area contributed by atoms with E-state index in [1.54, 1.807) is 24.3 Å². The lowest BCUT2D eigenvalue weighted by molar-refractivity contribution is -0.00455. The second-order valence-electron chi connectivity index (χ2n) is 7.41. The number of nitrogens with one attached hydrogen (secondary N) is 1. The molecule has 0 bridgehead atoms. The van der Waals surface area contributed by atoms with Crippen LogP contribution in [0.15, 0.2) is 24.3 Å². The summed E-state index contributed by atoms with van der Waals surface area (Å²) in [6, 6.07) is 6.90. The van der Waals surface area contributed by atoms with E-state index in [0.717, 1.165) is 6.29 Å². The summed E-state index contributed by atoms with van der Waals surface area (Å²) in [5.41, 5.74) is 0.109. The molecule has 9 heteroatoms. The highest BCUT2D eigenvalue weighted by Crippen LogP contribution is 2.10. The van der Waals surface area contributed by atoms with Gasteiger partial charge in [0, 0.05) is 12.1 Å². The summed E-state index contributed by atoms with van der Waals surface area (Å²) in [6.07, 6.45) is 0.340. The largest absolute Gasteiger partial charge is 0.491 e. The van der Waals surface area contributed by atoms with E-state index in [2.05, 4.69) is 5.32 Å². The molecule has 1 amide bonds. The third-order valence-electron chi connectivity index (χ3n) is 3.54. The lowest BCUT2D eigenvalue weighted by Gasteiger charge is -2.19. The van der Waals surface area contributed by atoms with Crippen LogP contribution in [0.3, 0.4) is 0 Å². The summed E-state index contributed by atoms with van der Waals surface area (Å²) >= 11 is 0. The topological polar surface area (TPSA) is 102 Å². The van der Waals surface area contributed by atoms with Crippen molar-refractivity contribution in [2.24, 2.45) is 0 Å². The molecule has 1 aromatic rings. The zero-order chi connectivity index (χ0) is 22.8. The Balaban J connectivity index is 1.78. The van der Waals surface area contributed by atoms with Crippen molar-refractivity contribution < 1.29 is 38.0 Å². The number of aldehydes is 1. The van der Waals surface area contributed by atoms with E-state index < -0.39 is 11.7 Å². The van der Waals surface area contributed by atoms with E-state index in [1.165, 1.54) is 0 Å². The molecule has 176 valence electrons. The molecule has 31 heavy (non-hydrogen) atoms. The number of amides is 1. The van der Waals surface area contributed by atoms with Gasteiger partial charge in [-0.05, 0) is 45.0 Å². The van der Waals surface area contributed by atoms with Crippen molar-refractivity contribution in [3.05, 3.63) is 29.8 Å². The van der Waals surface area contributed by atoms with Crippen LogP contribution in [0.2, 0.25) is 0 Å². The summed E-state index contributed by atoms with van der Waals surface area (Å²) in [6.45, 7) is 9.89. The highest BCUT2D eigenvalue weighted by atomic mass is 16.6. The third kappa shape index (κ3) is 16.2. The second kappa shape index (κ2) is 16.5. The molecule has 1 rings (SSSR count). The molecule has 0 radical (unpaired) electrons. The fraction of sp³-hybridized carbons (Fsp3) is 0.636. The van der Waals surface area contributed by atoms with Gasteiger partial charge >= 0.3 is 6.09 Å². The van der Waals surface area contributed by atoms with E-state index >= 15 is 0 Å². The first kappa shape index (κ1) is 26.8. The van der Waals surface area contributed by atoms with Gasteiger partial charge in [-0.1, -0.05) is 0 Å². The van der Waals surface area contributed by atoms with E-state index in [4.69, 9.17) is 28.4 Å². The Bertz CT molecular complexity index is 601. The molecular weight excluding hydrogens is 406 g/mol. The summed E-state index contributed by atoms with van der Waals surface area (Å²) in [5.74, 6) is 0.700. The van der Waals surface area contributed by atoms with Gasteiger partial charge in [-0.25, -0.2) is 4.79 Å². The fourth-order valence-electron chi connectivity index (χ4n) is 2.16. The van der Waals surface area contributed by atoms with Crippen LogP contribution in [0.5, 0.6) is 5.75 Å². The molecule has 1 N–H and O–H groups in total. The lowest BCUT2D eigenvalue weighted by Crippen LogP contribution is -2.34. The van der Waals surface area contributed by atoms with Crippen molar-refractivity contribution in [1.29, 1.82) is 0 Å². The fourth-order valence-corrected chi connectivity index (χ4v) is 2.16. The third-order valence-corrected chi connectivity index (χ3v) is 3.54. The minimum Gasteiger partial charge on any atom is -0.491 e. The van der Waals surface area contributed by atoms with Crippen LogP contribution in [-0.4, -0.2) is 84.0 Å². The number of hydrogen-bond acceptors (Lipinski definition) is 8. The first-order valence-electron chi connectivity index (χ1n) is 10.4. The Morgan fingerprint density at radius 2 is 1.29 bits per heavy atom. The van der Waals surface area contributed by atoms with Gasteiger partial charge in [-0.15, -0.1) is 0 Å². The maximum atomic E-state index is 11.4. The molecule has 0 saturated carbocycles. The minimum absolute atomic E-state index is 0.384. The molecule has 0 unspecified atom stereocenters. The van der Waals surface area contributed by atoms with Gasteiger partial charge in [0.15, 0.2) is 0 Å². The minimum atomic E-state index is -0.506. The quantitative estimate of drug-likeness (QED) is 0.291. The van der Waals surface area contributed by atoms with Crippen molar-refractivity contribution in [3.63, 3.8) is 0 Å². The first-order chi connectivity index (χ1) is 14.9. The predicted octanol–water partition coefficient (Wildman–Crippen LogP) is 2.47. The zero-order valence-electron chi connectivity index (χ0n) is 18.7. The molecular formula is C22H35NO8. The molecule has 0 aromatic heterocycles. The maximum absolute atomic E-state index is 11.4. The number of carbonyl (C=O) groups is 2. The van der Waals surface area contributed by atoms with E-state index in [1.807, 2.05) is 20.8 Å². The van der Waals surface area contributed by atoms with Crippen molar-refractivity contribution in [2.75, 3.05) is 66.0 Å². The first-order valence-corrected chi connectivity index (χ1v) is 10.4. The monoisotopic (exact) mass is 441 g/mol. The zero-order valence-corrected chi connectivity index (χ0v) is 18.7. The van der Waals surface area contributed by atoms with Gasteiger partial charge in [0.2, 0.25) is 0 Å². The summed E-state index contributed by atoms with van der Waals surface area (Å²) in [4.78, 5) is 22.0. The Hall–Kier alpha value is -2.20. The Morgan fingerprint density at radius 3 is 1.77 bits per heavy atom. The van der Waals surface area contributed by atoms with Crippen LogP contribution >= 0.6 is 0 Å². The standard InChI is InChI=1S/C22H35NO8/c1-22(2,3)31-21(25)23-8-9-26-10-11-27-12-13-28-14-15-29-16-17-30-20-6-4-19(18-24)5-7-20/h4-7,18H,8-17H2,1-3H3,(H,23,25). The van der Waals surface area contributed by atoms with Gasteiger partial charge in [0.25, 0.3) is 0 Å². The molecule has 0 heterocycles. The molecule has 0 spiro atoms. The highest BCUT2D eigenvalue weighted by Gasteiger charge is 2.15. The average molecular weight is 442 g/mol. The Labute approximate surface area is 184 Å². The van der Waals surface area contributed by atoms with Gasteiger partial charge < -0.3 is 33.7 Å². The molecule has 9 nitrogen and oxygen atoms in total. The number of carbonyl (C=O) groups excluding carboxylic acids is 2. The Morgan fingerprint density at radius 1 is 0.806 bits per heavy atom. The molecule has 0 aliphatic rings. The smallest absolute Gasteiger partial charge is 0.407 e. The van der Waals surface area contributed by atoms with Crippen LogP contribution in [-0.2, 0) is 23.7 Å². The molecule has 0 fully saturated rings. The van der Waals surface area contributed by atoms with Crippen LogP contribution in [0.4, 0.5) is 4.79 Å². The van der Waals surface area contributed by atoms with Crippen LogP contribution in [0.1, 0.15) is 31.1 Å². The van der Waals surface area contributed by atoms with Gasteiger partial charge in [0.1, 0.15) is 24.2 Å². The number of rotatable bonds is 17. The summed E-state index contributed by atoms with van der Waals surface area (Å²) in [5, 5.41) is 2.62. The summed E-state index contributed by atoms with van der Waals surface area (Å²) in [7, 11) is 0.